The lowest BCUT2D eigenvalue weighted by Gasteiger charge is -2.05. The SMILES string of the molecule is CCCCC(N)c1nc(C(=O)NCCCOCC)co1. The first-order valence-electron chi connectivity index (χ1n) is 7.26. The van der Waals surface area contributed by atoms with Crippen molar-refractivity contribution in [2.45, 2.75) is 45.6 Å². The Hall–Kier alpha value is -1.40. The van der Waals surface area contributed by atoms with Crippen molar-refractivity contribution in [1.29, 1.82) is 0 Å². The molecule has 1 atom stereocenters. The summed E-state index contributed by atoms with van der Waals surface area (Å²) in [4.78, 5) is 16.0. The van der Waals surface area contributed by atoms with Crippen molar-refractivity contribution in [3.8, 4) is 0 Å². The molecule has 1 aromatic heterocycles. The summed E-state index contributed by atoms with van der Waals surface area (Å²) in [5.74, 6) is 0.192. The summed E-state index contributed by atoms with van der Waals surface area (Å²) in [5, 5.41) is 2.77. The Labute approximate surface area is 120 Å². The molecule has 0 aliphatic heterocycles. The molecule has 0 fully saturated rings. The molecule has 1 aromatic rings. The van der Waals surface area contributed by atoms with Crippen LogP contribution in [0.2, 0.25) is 0 Å². The van der Waals surface area contributed by atoms with Gasteiger partial charge in [-0.25, -0.2) is 4.98 Å². The van der Waals surface area contributed by atoms with Crippen LogP contribution in [0.5, 0.6) is 0 Å². The van der Waals surface area contributed by atoms with Gasteiger partial charge in [-0.15, -0.1) is 0 Å². The molecular weight excluding hydrogens is 258 g/mol. The monoisotopic (exact) mass is 283 g/mol. The molecule has 0 aliphatic rings. The third-order valence-electron chi connectivity index (χ3n) is 2.90. The Morgan fingerprint density at radius 2 is 2.30 bits per heavy atom. The molecule has 0 bridgehead atoms. The predicted octanol–water partition coefficient (Wildman–Crippen LogP) is 2.02. The van der Waals surface area contributed by atoms with Crippen LogP contribution in [0.15, 0.2) is 10.7 Å². The summed E-state index contributed by atoms with van der Waals surface area (Å²) >= 11 is 0. The number of carbonyl (C=O) groups excluding carboxylic acids is 1. The topological polar surface area (TPSA) is 90.4 Å². The van der Waals surface area contributed by atoms with Crippen molar-refractivity contribution in [2.75, 3.05) is 19.8 Å². The highest BCUT2D eigenvalue weighted by Crippen LogP contribution is 2.16. The zero-order valence-electron chi connectivity index (χ0n) is 12.4. The lowest BCUT2D eigenvalue weighted by Crippen LogP contribution is -2.25. The van der Waals surface area contributed by atoms with Gasteiger partial charge in [-0.1, -0.05) is 19.8 Å². The zero-order chi connectivity index (χ0) is 14.8. The number of unbranched alkanes of at least 4 members (excludes halogenated alkanes) is 1. The Balaban J connectivity index is 2.36. The predicted molar refractivity (Wildman–Crippen MR) is 76.4 cm³/mol. The van der Waals surface area contributed by atoms with E-state index < -0.39 is 0 Å². The van der Waals surface area contributed by atoms with Crippen molar-refractivity contribution in [3.05, 3.63) is 17.8 Å². The van der Waals surface area contributed by atoms with E-state index in [1.807, 2.05) is 6.92 Å². The van der Waals surface area contributed by atoms with Crippen LogP contribution in [-0.2, 0) is 4.74 Å². The molecule has 0 radical (unpaired) electrons. The van der Waals surface area contributed by atoms with Crippen molar-refractivity contribution in [2.24, 2.45) is 5.73 Å². The highest BCUT2D eigenvalue weighted by atomic mass is 16.5. The third-order valence-corrected chi connectivity index (χ3v) is 2.90. The maximum atomic E-state index is 11.8. The Kier molecular flexibility index (Phi) is 7.91. The minimum Gasteiger partial charge on any atom is -0.446 e. The molecule has 0 aromatic carbocycles. The van der Waals surface area contributed by atoms with Crippen LogP contribution in [0.1, 0.15) is 62.0 Å². The molecule has 1 amide bonds. The van der Waals surface area contributed by atoms with E-state index in [0.29, 0.717) is 25.6 Å². The molecule has 0 saturated heterocycles. The van der Waals surface area contributed by atoms with Crippen LogP contribution in [0.4, 0.5) is 0 Å². The lowest BCUT2D eigenvalue weighted by molar-refractivity contribution is 0.0939. The van der Waals surface area contributed by atoms with Crippen LogP contribution in [0, 0.1) is 0 Å². The average Bonchev–Trinajstić information content (AvgIpc) is 2.94. The van der Waals surface area contributed by atoms with Crippen LogP contribution in [-0.4, -0.2) is 30.6 Å². The Bertz CT molecular complexity index is 393. The van der Waals surface area contributed by atoms with Gasteiger partial charge in [0.15, 0.2) is 5.69 Å². The second-order valence-electron chi connectivity index (χ2n) is 4.63. The largest absolute Gasteiger partial charge is 0.446 e. The van der Waals surface area contributed by atoms with Crippen LogP contribution in [0.25, 0.3) is 0 Å². The van der Waals surface area contributed by atoms with Crippen molar-refractivity contribution < 1.29 is 13.9 Å². The molecule has 0 saturated carbocycles. The molecule has 0 spiro atoms. The summed E-state index contributed by atoms with van der Waals surface area (Å²) in [7, 11) is 0. The van der Waals surface area contributed by atoms with Crippen molar-refractivity contribution in [3.63, 3.8) is 0 Å². The molecule has 0 aliphatic carbocycles. The molecule has 20 heavy (non-hydrogen) atoms. The van der Waals surface area contributed by atoms with E-state index in [1.165, 1.54) is 6.26 Å². The molecule has 6 nitrogen and oxygen atoms in total. The summed E-state index contributed by atoms with van der Waals surface area (Å²) < 4.78 is 10.5. The van der Waals surface area contributed by atoms with Crippen LogP contribution in [0.3, 0.4) is 0 Å². The van der Waals surface area contributed by atoms with Gasteiger partial charge >= 0.3 is 0 Å². The number of rotatable bonds is 10. The zero-order valence-corrected chi connectivity index (χ0v) is 12.4. The van der Waals surface area contributed by atoms with Gasteiger partial charge in [0, 0.05) is 19.8 Å². The van der Waals surface area contributed by atoms with Gasteiger partial charge in [-0.2, -0.15) is 0 Å². The molecule has 114 valence electrons. The van der Waals surface area contributed by atoms with Crippen LogP contribution < -0.4 is 11.1 Å². The van der Waals surface area contributed by atoms with E-state index >= 15 is 0 Å². The van der Waals surface area contributed by atoms with E-state index in [2.05, 4.69) is 17.2 Å². The fourth-order valence-electron chi connectivity index (χ4n) is 1.72. The number of ether oxygens (including phenoxy) is 1. The number of hydrogen-bond donors (Lipinski definition) is 2. The van der Waals surface area contributed by atoms with Gasteiger partial charge in [0.25, 0.3) is 5.91 Å². The number of nitrogens with zero attached hydrogens (tertiary/aromatic N) is 1. The number of aromatic nitrogens is 1. The van der Waals surface area contributed by atoms with Gasteiger partial charge in [0.1, 0.15) is 6.26 Å². The standard InChI is InChI=1S/C14H25N3O3/c1-3-5-7-11(15)14-17-12(10-20-14)13(18)16-8-6-9-19-4-2/h10-11H,3-9,15H2,1-2H3,(H,16,18). The van der Waals surface area contributed by atoms with Gasteiger partial charge in [0.05, 0.1) is 6.04 Å². The minimum atomic E-state index is -0.241. The number of nitrogens with two attached hydrogens (primary N) is 1. The maximum Gasteiger partial charge on any atom is 0.273 e. The van der Waals surface area contributed by atoms with Gasteiger partial charge in [-0.05, 0) is 19.8 Å². The number of amides is 1. The summed E-state index contributed by atoms with van der Waals surface area (Å²) in [6.45, 7) is 5.93. The van der Waals surface area contributed by atoms with Gasteiger partial charge < -0.3 is 20.2 Å². The second-order valence-corrected chi connectivity index (χ2v) is 4.63. The second kappa shape index (κ2) is 9.50. The highest BCUT2D eigenvalue weighted by molar-refractivity contribution is 5.91. The molecule has 6 heteroatoms. The van der Waals surface area contributed by atoms with Crippen LogP contribution >= 0.6 is 0 Å². The van der Waals surface area contributed by atoms with E-state index in [4.69, 9.17) is 14.9 Å². The van der Waals surface area contributed by atoms with Gasteiger partial charge in [0.2, 0.25) is 5.89 Å². The summed E-state index contributed by atoms with van der Waals surface area (Å²) in [6.07, 6.45) is 5.04. The first-order chi connectivity index (χ1) is 9.69. The molecule has 1 heterocycles. The number of hydrogen-bond acceptors (Lipinski definition) is 5. The van der Waals surface area contributed by atoms with Crippen molar-refractivity contribution >= 4 is 5.91 Å². The fourth-order valence-corrected chi connectivity index (χ4v) is 1.72. The minimum absolute atomic E-state index is 0.237. The smallest absolute Gasteiger partial charge is 0.273 e. The molecule has 1 unspecified atom stereocenters. The number of nitrogens with one attached hydrogen (secondary N) is 1. The van der Waals surface area contributed by atoms with E-state index in [0.717, 1.165) is 25.7 Å². The molecule has 1 rings (SSSR count). The number of carbonyl (C=O) groups is 1. The Morgan fingerprint density at radius 1 is 1.50 bits per heavy atom. The molecular formula is C14H25N3O3. The Morgan fingerprint density at radius 3 is 3.00 bits per heavy atom. The van der Waals surface area contributed by atoms with E-state index in [9.17, 15) is 4.79 Å². The number of oxazole rings is 1. The van der Waals surface area contributed by atoms with Gasteiger partial charge in [-0.3, -0.25) is 4.79 Å². The normalized spacial score (nSPS) is 12.3. The van der Waals surface area contributed by atoms with E-state index in [1.54, 1.807) is 0 Å². The first-order valence-corrected chi connectivity index (χ1v) is 7.26. The summed E-state index contributed by atoms with van der Waals surface area (Å²) in [5.41, 5.74) is 6.23. The maximum absolute atomic E-state index is 11.8. The third kappa shape index (κ3) is 5.71. The first kappa shape index (κ1) is 16.7. The van der Waals surface area contributed by atoms with Crippen molar-refractivity contribution in [1.82, 2.24) is 10.3 Å². The lowest BCUT2D eigenvalue weighted by atomic mass is 10.1. The average molecular weight is 283 g/mol. The fraction of sp³-hybridized carbons (Fsp3) is 0.714. The highest BCUT2D eigenvalue weighted by Gasteiger charge is 2.16. The van der Waals surface area contributed by atoms with E-state index in [-0.39, 0.29) is 17.6 Å². The molecule has 3 N–H and O–H groups in total. The summed E-state index contributed by atoms with van der Waals surface area (Å²) in [6, 6.07) is -0.241. The quantitative estimate of drug-likeness (QED) is 0.641.